The zero-order valence-electron chi connectivity index (χ0n) is 14.2. The molecular weight excluding hydrogens is 296 g/mol. The fourth-order valence-electron chi connectivity index (χ4n) is 3.71. The molecule has 3 nitrogen and oxygen atoms in total. The molecule has 24 heavy (non-hydrogen) atoms. The van der Waals surface area contributed by atoms with Crippen molar-refractivity contribution in [3.05, 3.63) is 70.9 Å². The number of carbonyl (C=O) groups is 1. The van der Waals surface area contributed by atoms with E-state index in [1.165, 1.54) is 16.7 Å². The van der Waals surface area contributed by atoms with Gasteiger partial charge < -0.3 is 4.57 Å². The molecule has 0 amide bonds. The molecule has 0 N–H and O–H groups in total. The third kappa shape index (κ3) is 2.55. The lowest BCUT2D eigenvalue weighted by Crippen LogP contribution is -2.15. The molecule has 2 aromatic carbocycles. The Morgan fingerprint density at radius 1 is 1.08 bits per heavy atom. The maximum Gasteiger partial charge on any atom is 0.164 e. The van der Waals surface area contributed by atoms with Crippen molar-refractivity contribution in [2.45, 2.75) is 33.0 Å². The molecule has 0 radical (unpaired) electrons. The highest BCUT2D eigenvalue weighted by Gasteiger charge is 2.22. The molecule has 0 spiro atoms. The molecule has 0 saturated carbocycles. The number of fused-ring (bicyclic) bond motifs is 2. The van der Waals surface area contributed by atoms with Gasteiger partial charge in [-0.05, 0) is 28.8 Å². The highest BCUT2D eigenvalue weighted by Crippen LogP contribution is 2.31. The Morgan fingerprint density at radius 3 is 2.50 bits per heavy atom. The van der Waals surface area contributed by atoms with Crippen molar-refractivity contribution in [3.63, 3.8) is 0 Å². The van der Waals surface area contributed by atoms with E-state index in [1.54, 1.807) is 0 Å². The van der Waals surface area contributed by atoms with Crippen molar-refractivity contribution in [3.8, 4) is 0 Å². The summed E-state index contributed by atoms with van der Waals surface area (Å²) < 4.78 is 2.08. The molecule has 0 atom stereocenters. The van der Waals surface area contributed by atoms with Gasteiger partial charge in [-0.15, -0.1) is 0 Å². The van der Waals surface area contributed by atoms with Gasteiger partial charge in [0.2, 0.25) is 0 Å². The molecule has 0 aliphatic carbocycles. The summed E-state index contributed by atoms with van der Waals surface area (Å²) in [6, 6.07) is 15.1. The Hall–Kier alpha value is -2.39. The van der Waals surface area contributed by atoms with E-state index in [2.05, 4.69) is 51.9 Å². The van der Waals surface area contributed by atoms with Crippen LogP contribution in [0.1, 0.15) is 40.4 Å². The zero-order valence-corrected chi connectivity index (χ0v) is 14.2. The smallest absolute Gasteiger partial charge is 0.164 e. The zero-order chi connectivity index (χ0) is 16.7. The van der Waals surface area contributed by atoms with Crippen LogP contribution in [-0.4, -0.2) is 15.3 Å². The average Bonchev–Trinajstić information content (AvgIpc) is 3.13. The second kappa shape index (κ2) is 5.91. The van der Waals surface area contributed by atoms with Crippen LogP contribution in [0.2, 0.25) is 0 Å². The Morgan fingerprint density at radius 2 is 1.79 bits per heavy atom. The van der Waals surface area contributed by atoms with E-state index in [0.29, 0.717) is 6.42 Å². The first-order chi connectivity index (χ1) is 11.7. The Kier molecular flexibility index (Phi) is 3.73. The SMILES string of the molecule is CCC(=O)c1cn(C)c2cc3c(cc12)CN(Cc1ccccc1)C3. The van der Waals surface area contributed by atoms with Crippen molar-refractivity contribution in [2.24, 2.45) is 7.05 Å². The van der Waals surface area contributed by atoms with Gasteiger partial charge in [-0.25, -0.2) is 0 Å². The lowest BCUT2D eigenvalue weighted by atomic mass is 10.0. The maximum atomic E-state index is 12.2. The van der Waals surface area contributed by atoms with Gasteiger partial charge in [0, 0.05) is 55.8 Å². The molecule has 3 heteroatoms. The summed E-state index contributed by atoms with van der Waals surface area (Å²) in [7, 11) is 2.03. The Bertz CT molecular complexity index is 908. The molecule has 0 saturated heterocycles. The summed E-state index contributed by atoms with van der Waals surface area (Å²) >= 11 is 0. The largest absolute Gasteiger partial charge is 0.350 e. The summed E-state index contributed by atoms with van der Waals surface area (Å²) in [6.45, 7) is 4.82. The number of carbonyl (C=O) groups excluding carboxylic acids is 1. The molecule has 1 aliphatic heterocycles. The Balaban J connectivity index is 1.67. The van der Waals surface area contributed by atoms with Crippen LogP contribution in [0.25, 0.3) is 10.9 Å². The van der Waals surface area contributed by atoms with Gasteiger partial charge >= 0.3 is 0 Å². The number of ketones is 1. The van der Waals surface area contributed by atoms with Crippen molar-refractivity contribution in [1.82, 2.24) is 9.47 Å². The van der Waals surface area contributed by atoms with Crippen LogP contribution in [0.3, 0.4) is 0 Å². The van der Waals surface area contributed by atoms with Crippen LogP contribution in [0.15, 0.2) is 48.7 Å². The van der Waals surface area contributed by atoms with Crippen LogP contribution in [0.5, 0.6) is 0 Å². The molecule has 1 aromatic heterocycles. The van der Waals surface area contributed by atoms with Gasteiger partial charge in [0.1, 0.15) is 0 Å². The van der Waals surface area contributed by atoms with E-state index < -0.39 is 0 Å². The lowest BCUT2D eigenvalue weighted by Gasteiger charge is -2.14. The van der Waals surface area contributed by atoms with Crippen LogP contribution >= 0.6 is 0 Å². The third-order valence-electron chi connectivity index (χ3n) is 4.97. The quantitative estimate of drug-likeness (QED) is 0.671. The van der Waals surface area contributed by atoms with Gasteiger partial charge in [0.05, 0.1) is 0 Å². The van der Waals surface area contributed by atoms with Crippen molar-refractivity contribution >= 4 is 16.7 Å². The van der Waals surface area contributed by atoms with Gasteiger partial charge in [-0.1, -0.05) is 37.3 Å². The van der Waals surface area contributed by atoms with E-state index in [1.807, 2.05) is 20.2 Å². The lowest BCUT2D eigenvalue weighted by molar-refractivity contribution is 0.0989. The minimum Gasteiger partial charge on any atom is -0.350 e. The molecule has 0 bridgehead atoms. The highest BCUT2D eigenvalue weighted by molar-refractivity contribution is 6.08. The summed E-state index contributed by atoms with van der Waals surface area (Å²) in [4.78, 5) is 14.7. The second-order valence-electron chi connectivity index (χ2n) is 6.70. The number of aromatic nitrogens is 1. The van der Waals surface area contributed by atoms with E-state index in [-0.39, 0.29) is 5.78 Å². The van der Waals surface area contributed by atoms with Gasteiger partial charge in [-0.2, -0.15) is 0 Å². The number of aryl methyl sites for hydroxylation is 1. The molecule has 3 aromatic rings. The first-order valence-corrected chi connectivity index (χ1v) is 8.56. The van der Waals surface area contributed by atoms with Crippen LogP contribution in [0.4, 0.5) is 0 Å². The summed E-state index contributed by atoms with van der Waals surface area (Å²) in [5, 5.41) is 1.10. The average molecular weight is 318 g/mol. The molecule has 1 aliphatic rings. The predicted octanol–water partition coefficient (Wildman–Crippen LogP) is 4.29. The standard InChI is InChI=1S/C21H22N2O/c1-3-21(24)19-14-22(2)20-10-17-13-23(12-16(17)9-18(19)20)11-15-7-5-4-6-8-15/h4-10,14H,3,11-13H2,1-2H3. The number of Topliss-reactive ketones (excluding diaryl/α,β-unsaturated/α-hetero) is 1. The third-order valence-corrected chi connectivity index (χ3v) is 4.97. The van der Waals surface area contributed by atoms with E-state index >= 15 is 0 Å². The number of hydrogen-bond donors (Lipinski definition) is 0. The fourth-order valence-corrected chi connectivity index (χ4v) is 3.71. The molecule has 2 heterocycles. The molecule has 0 fully saturated rings. The number of benzene rings is 2. The Labute approximate surface area is 142 Å². The number of hydrogen-bond acceptors (Lipinski definition) is 2. The summed E-state index contributed by atoms with van der Waals surface area (Å²) in [5.41, 5.74) is 6.10. The minimum atomic E-state index is 0.222. The minimum absolute atomic E-state index is 0.222. The van der Waals surface area contributed by atoms with Crippen molar-refractivity contribution < 1.29 is 4.79 Å². The van der Waals surface area contributed by atoms with Crippen molar-refractivity contribution in [2.75, 3.05) is 0 Å². The topological polar surface area (TPSA) is 25.2 Å². The monoisotopic (exact) mass is 318 g/mol. The van der Waals surface area contributed by atoms with Gasteiger partial charge in [0.25, 0.3) is 0 Å². The summed E-state index contributed by atoms with van der Waals surface area (Å²) in [5.74, 6) is 0.222. The second-order valence-corrected chi connectivity index (χ2v) is 6.70. The molecule has 4 rings (SSSR count). The maximum absolute atomic E-state index is 12.2. The molecule has 122 valence electrons. The number of nitrogens with zero attached hydrogens (tertiary/aromatic N) is 2. The first-order valence-electron chi connectivity index (χ1n) is 8.56. The van der Waals surface area contributed by atoms with Crippen LogP contribution in [0, 0.1) is 0 Å². The van der Waals surface area contributed by atoms with E-state index in [4.69, 9.17) is 0 Å². The first kappa shape index (κ1) is 15.2. The normalized spacial score (nSPS) is 14.2. The predicted molar refractivity (Wildman–Crippen MR) is 96.9 cm³/mol. The summed E-state index contributed by atoms with van der Waals surface area (Å²) in [6.07, 6.45) is 2.53. The van der Waals surface area contributed by atoms with Gasteiger partial charge in [-0.3, -0.25) is 9.69 Å². The number of rotatable bonds is 4. The molecule has 0 unspecified atom stereocenters. The molecular formula is C21H22N2O. The van der Waals surface area contributed by atoms with E-state index in [0.717, 1.165) is 36.1 Å². The highest BCUT2D eigenvalue weighted by atomic mass is 16.1. The van der Waals surface area contributed by atoms with Crippen molar-refractivity contribution in [1.29, 1.82) is 0 Å². The van der Waals surface area contributed by atoms with E-state index in [9.17, 15) is 4.79 Å². The van der Waals surface area contributed by atoms with Crippen LogP contribution < -0.4 is 0 Å². The fraction of sp³-hybridized carbons (Fsp3) is 0.286. The van der Waals surface area contributed by atoms with Crippen LogP contribution in [-0.2, 0) is 26.7 Å². The van der Waals surface area contributed by atoms with Gasteiger partial charge in [0.15, 0.2) is 5.78 Å².